The largest absolute Gasteiger partial charge is 2.00 e. The van der Waals surface area contributed by atoms with Crippen molar-refractivity contribution in [1.82, 2.24) is 19.9 Å². The van der Waals surface area contributed by atoms with Crippen LogP contribution in [0.4, 0.5) is 0 Å². The average Bonchev–Trinajstić information content (AvgIpc) is 3.54. The van der Waals surface area contributed by atoms with Crippen LogP contribution in [-0.4, -0.2) is 9.97 Å². The zero-order valence-corrected chi connectivity index (χ0v) is 28.3. The minimum absolute atomic E-state index is 0. The van der Waals surface area contributed by atoms with E-state index in [-0.39, 0.29) is 24.9 Å². The zero-order valence-electron chi connectivity index (χ0n) is 22.2. The third-order valence-corrected chi connectivity index (χ3v) is 8.34. The molecule has 4 nitrogen and oxygen atoms in total. The van der Waals surface area contributed by atoms with Gasteiger partial charge in [0, 0.05) is 32.2 Å². The normalized spacial score (nSPS) is 14.2. The fourth-order valence-electron chi connectivity index (χ4n) is 5.44. The molecule has 4 aromatic rings. The Hall–Kier alpha value is -2.34. The van der Waals surface area contributed by atoms with Gasteiger partial charge < -0.3 is 9.97 Å². The minimum atomic E-state index is -0.0911. The van der Waals surface area contributed by atoms with Gasteiger partial charge in [-0.1, -0.05) is 71.7 Å². The average molecular weight is 680 g/mol. The van der Waals surface area contributed by atoms with Gasteiger partial charge in [0.2, 0.25) is 0 Å². The van der Waals surface area contributed by atoms with Crippen molar-refractivity contribution in [2.24, 2.45) is 0 Å². The summed E-state index contributed by atoms with van der Waals surface area (Å²) in [6.07, 6.45) is 2.89. The van der Waals surface area contributed by atoms with Crippen molar-refractivity contribution < 1.29 is 19.5 Å². The summed E-state index contributed by atoms with van der Waals surface area (Å²) in [5.41, 5.74) is 13.1. The Labute approximate surface area is 252 Å². The monoisotopic (exact) mass is 676 g/mol. The first-order valence-corrected chi connectivity index (χ1v) is 13.9. The first kappa shape index (κ1) is 27.2. The smallest absolute Gasteiger partial charge is 0.657 e. The second-order valence-corrected chi connectivity index (χ2v) is 12.4. The molecule has 0 unspecified atom stereocenters. The van der Waals surface area contributed by atoms with Crippen molar-refractivity contribution in [2.45, 2.75) is 46.5 Å². The number of aromatic nitrogens is 4. The Morgan fingerprint density at radius 1 is 0.789 bits per heavy atom. The van der Waals surface area contributed by atoms with Gasteiger partial charge in [-0.25, -0.2) is 4.98 Å². The second-order valence-electron chi connectivity index (χ2n) is 10.7. The molecule has 1 aromatic carbocycles. The van der Waals surface area contributed by atoms with Crippen LogP contribution in [0.5, 0.6) is 0 Å². The number of rotatable bonds is 1. The molecule has 2 aliphatic heterocycles. The molecule has 0 aliphatic carbocycles. The van der Waals surface area contributed by atoms with E-state index < -0.39 is 0 Å². The summed E-state index contributed by atoms with van der Waals surface area (Å²) in [5.74, 6) is 0. The number of halogens is 2. The molecule has 0 atom stereocenters. The van der Waals surface area contributed by atoms with Crippen LogP contribution in [0.3, 0.4) is 0 Å². The van der Waals surface area contributed by atoms with E-state index in [1.165, 1.54) is 22.3 Å². The van der Waals surface area contributed by atoms with E-state index in [4.69, 9.17) is 19.9 Å². The first-order valence-electron chi connectivity index (χ1n) is 12.3. The van der Waals surface area contributed by atoms with Gasteiger partial charge in [-0.05, 0) is 77.2 Å². The molecule has 186 valence electrons. The number of fused-ring (bicyclic) bond motifs is 8. The molecule has 5 heterocycles. The topological polar surface area (TPSA) is 54.0 Å². The Morgan fingerprint density at radius 2 is 1.53 bits per heavy atom. The molecule has 0 saturated heterocycles. The van der Waals surface area contributed by atoms with Crippen molar-refractivity contribution >= 4 is 64.5 Å². The summed E-state index contributed by atoms with van der Waals surface area (Å²) in [7, 11) is 0. The molecule has 0 fully saturated rings. The molecule has 6 rings (SSSR count). The van der Waals surface area contributed by atoms with Crippen LogP contribution in [0.15, 0.2) is 53.0 Å². The van der Waals surface area contributed by atoms with Gasteiger partial charge in [-0.15, -0.1) is 22.1 Å². The van der Waals surface area contributed by atoms with Crippen molar-refractivity contribution in [3.05, 3.63) is 92.5 Å². The maximum Gasteiger partial charge on any atom is 2.00 e. The van der Waals surface area contributed by atoms with Gasteiger partial charge in [0.1, 0.15) is 0 Å². The van der Waals surface area contributed by atoms with E-state index in [0.717, 1.165) is 65.8 Å². The molecular weight excluding hydrogens is 654 g/mol. The van der Waals surface area contributed by atoms with Crippen LogP contribution >= 0.6 is 31.9 Å². The third kappa shape index (κ3) is 4.89. The summed E-state index contributed by atoms with van der Waals surface area (Å²) in [6, 6.07) is 16.9. The Kier molecular flexibility index (Phi) is 7.17. The number of benzene rings is 1. The van der Waals surface area contributed by atoms with E-state index in [9.17, 15) is 0 Å². The van der Waals surface area contributed by atoms with Crippen LogP contribution in [0.2, 0.25) is 0 Å². The molecule has 3 aromatic heterocycles. The van der Waals surface area contributed by atoms with E-state index in [0.29, 0.717) is 0 Å². The molecule has 0 radical (unpaired) electrons. The molecule has 0 spiro atoms. The molecule has 0 saturated carbocycles. The van der Waals surface area contributed by atoms with Gasteiger partial charge in [-0.3, -0.25) is 4.98 Å². The molecule has 2 aliphatic rings. The predicted octanol–water partition coefficient (Wildman–Crippen LogP) is 8.34. The van der Waals surface area contributed by atoms with E-state index >= 15 is 0 Å². The molecular formula is C31H26Br2N4Zn. The van der Waals surface area contributed by atoms with Crippen LogP contribution in [0.1, 0.15) is 53.3 Å². The molecule has 0 N–H and O–H groups in total. The third-order valence-electron chi connectivity index (χ3n) is 7.07. The molecule has 38 heavy (non-hydrogen) atoms. The maximum atomic E-state index is 5.12. The van der Waals surface area contributed by atoms with Gasteiger partial charge in [0.25, 0.3) is 0 Å². The van der Waals surface area contributed by atoms with E-state index in [2.05, 4.69) is 103 Å². The first-order chi connectivity index (χ1) is 17.6. The van der Waals surface area contributed by atoms with Crippen LogP contribution in [0.25, 0.3) is 43.8 Å². The number of aryl methyl sites for hydroxylation is 3. The van der Waals surface area contributed by atoms with Gasteiger partial charge in [-0.2, -0.15) is 0 Å². The van der Waals surface area contributed by atoms with E-state index in [1.807, 2.05) is 18.2 Å². The number of nitrogens with zero attached hydrogens (tertiary/aromatic N) is 4. The molecule has 0 amide bonds. The van der Waals surface area contributed by atoms with Gasteiger partial charge in [0.15, 0.2) is 0 Å². The SMILES string of the molecule is Cc1cc(C)c(-c2c3ccc(cc4nc(cc5nc(cc6[n-]c2cc6Br)CC5(C)C)C=C4Br)[n-]3)c(C)c1.[Zn+2]. The van der Waals surface area contributed by atoms with Crippen molar-refractivity contribution in [1.29, 1.82) is 0 Å². The number of hydrogen-bond acceptors (Lipinski definition) is 2. The fourth-order valence-corrected chi connectivity index (χ4v) is 6.30. The predicted molar refractivity (Wildman–Crippen MR) is 160 cm³/mol. The van der Waals surface area contributed by atoms with Crippen molar-refractivity contribution in [3.63, 3.8) is 0 Å². The summed E-state index contributed by atoms with van der Waals surface area (Å²) in [4.78, 5) is 20.0. The zero-order chi connectivity index (χ0) is 26.1. The Bertz CT molecular complexity index is 1770. The van der Waals surface area contributed by atoms with Gasteiger partial charge in [0.05, 0.1) is 11.4 Å². The van der Waals surface area contributed by atoms with Crippen LogP contribution in [0, 0.1) is 20.8 Å². The number of hydrogen-bond donors (Lipinski definition) is 0. The van der Waals surface area contributed by atoms with Crippen molar-refractivity contribution in [2.75, 3.05) is 0 Å². The Morgan fingerprint density at radius 3 is 2.26 bits per heavy atom. The summed E-state index contributed by atoms with van der Waals surface area (Å²) in [5, 5.41) is 0. The Balaban J connectivity index is 0.00000294. The standard InChI is InChI=1S/C31H26Br2N4.Zn/c1-16-8-17(2)29(18(3)9-16)30-24-7-6-19(34-24)11-25-22(32)10-20(35-25)13-28-31(4,5)15-21(36-28)12-26-23(33)14-27(30)37-26;/h6-14H,15H2,1-5H3;/q-2;+2. The fraction of sp³-hybridized carbons (Fsp3) is 0.226. The molecule has 7 heteroatoms. The quantitative estimate of drug-likeness (QED) is 0.190. The minimum Gasteiger partial charge on any atom is -0.657 e. The van der Waals surface area contributed by atoms with Crippen LogP contribution < -0.4 is 9.97 Å². The second kappa shape index (κ2) is 10.0. The summed E-state index contributed by atoms with van der Waals surface area (Å²) in [6.45, 7) is 10.9. The van der Waals surface area contributed by atoms with Crippen molar-refractivity contribution in [3.8, 4) is 11.1 Å². The molecule has 8 bridgehead atoms. The van der Waals surface area contributed by atoms with E-state index in [1.54, 1.807) is 0 Å². The van der Waals surface area contributed by atoms with Gasteiger partial charge >= 0.3 is 19.5 Å². The summed E-state index contributed by atoms with van der Waals surface area (Å²) < 4.78 is 1.90. The maximum absolute atomic E-state index is 5.12. The van der Waals surface area contributed by atoms with Crippen LogP contribution in [-0.2, 0) is 31.3 Å². The summed E-state index contributed by atoms with van der Waals surface area (Å²) >= 11 is 7.48.